The lowest BCUT2D eigenvalue weighted by Gasteiger charge is -2.28. The van der Waals surface area contributed by atoms with Gasteiger partial charge in [0.2, 0.25) is 0 Å². The van der Waals surface area contributed by atoms with E-state index in [1.54, 1.807) is 4.90 Å². The standard InChI is InChI=1S/C14H26N2O3/c1-13(2,3)19-12(17)16-7-4-5-14(6-8-16)9-11(15)10-18-14/h11H,4-10,15H2,1-3H3. The first-order valence-electron chi connectivity index (χ1n) is 7.17. The molecule has 0 saturated carbocycles. The van der Waals surface area contributed by atoms with Crippen LogP contribution in [0.5, 0.6) is 0 Å². The number of likely N-dealkylation sites (tertiary alicyclic amines) is 1. The van der Waals surface area contributed by atoms with E-state index in [1.165, 1.54) is 0 Å². The summed E-state index contributed by atoms with van der Waals surface area (Å²) in [5.74, 6) is 0. The maximum Gasteiger partial charge on any atom is 0.410 e. The lowest BCUT2D eigenvalue weighted by Crippen LogP contribution is -2.38. The van der Waals surface area contributed by atoms with Gasteiger partial charge in [0.1, 0.15) is 5.60 Å². The van der Waals surface area contributed by atoms with Gasteiger partial charge in [-0.15, -0.1) is 0 Å². The van der Waals surface area contributed by atoms with E-state index in [-0.39, 0.29) is 17.7 Å². The Hall–Kier alpha value is -0.810. The molecule has 2 aliphatic heterocycles. The SMILES string of the molecule is CC(C)(C)OC(=O)N1CCCC2(CC1)CC(N)CO2. The Morgan fingerprint density at radius 2 is 2.11 bits per heavy atom. The van der Waals surface area contributed by atoms with Gasteiger partial charge in [-0.2, -0.15) is 0 Å². The minimum absolute atomic E-state index is 0.101. The summed E-state index contributed by atoms with van der Waals surface area (Å²) in [5.41, 5.74) is 5.40. The Labute approximate surface area is 115 Å². The van der Waals surface area contributed by atoms with E-state index in [4.69, 9.17) is 15.2 Å². The molecule has 0 aliphatic carbocycles. The first-order valence-corrected chi connectivity index (χ1v) is 7.17. The molecule has 2 heterocycles. The molecule has 0 radical (unpaired) electrons. The number of carbonyl (C=O) groups excluding carboxylic acids is 1. The van der Waals surface area contributed by atoms with E-state index in [1.807, 2.05) is 20.8 Å². The summed E-state index contributed by atoms with van der Waals surface area (Å²) in [6.45, 7) is 7.76. The van der Waals surface area contributed by atoms with Gasteiger partial charge in [-0.25, -0.2) is 4.79 Å². The van der Waals surface area contributed by atoms with Gasteiger partial charge in [0.25, 0.3) is 0 Å². The zero-order valence-corrected chi connectivity index (χ0v) is 12.3. The van der Waals surface area contributed by atoms with Crippen molar-refractivity contribution in [1.29, 1.82) is 0 Å². The normalized spacial score (nSPS) is 32.4. The van der Waals surface area contributed by atoms with Crippen molar-refractivity contribution in [3.63, 3.8) is 0 Å². The first-order chi connectivity index (χ1) is 8.80. The van der Waals surface area contributed by atoms with Gasteiger partial charge in [0.05, 0.1) is 12.2 Å². The lowest BCUT2D eigenvalue weighted by molar-refractivity contribution is -0.00923. The van der Waals surface area contributed by atoms with Crippen molar-refractivity contribution in [2.75, 3.05) is 19.7 Å². The van der Waals surface area contributed by atoms with E-state index in [2.05, 4.69) is 0 Å². The predicted octanol–water partition coefficient (Wildman–Crippen LogP) is 1.89. The van der Waals surface area contributed by atoms with E-state index >= 15 is 0 Å². The Balaban J connectivity index is 1.92. The first kappa shape index (κ1) is 14.6. The summed E-state index contributed by atoms with van der Waals surface area (Å²) < 4.78 is 11.3. The summed E-state index contributed by atoms with van der Waals surface area (Å²) in [5, 5.41) is 0. The third-order valence-electron chi connectivity index (χ3n) is 3.79. The van der Waals surface area contributed by atoms with Gasteiger partial charge in [-0.1, -0.05) is 0 Å². The molecule has 2 unspecified atom stereocenters. The molecule has 2 aliphatic rings. The lowest BCUT2D eigenvalue weighted by atomic mass is 9.90. The second-order valence-electron chi connectivity index (χ2n) is 6.78. The molecule has 19 heavy (non-hydrogen) atoms. The van der Waals surface area contributed by atoms with E-state index in [0.717, 1.165) is 32.2 Å². The zero-order valence-electron chi connectivity index (χ0n) is 12.3. The molecule has 0 aromatic rings. The van der Waals surface area contributed by atoms with Crippen LogP contribution in [0.3, 0.4) is 0 Å². The molecule has 5 nitrogen and oxygen atoms in total. The Kier molecular flexibility index (Phi) is 4.06. The highest BCUT2D eigenvalue weighted by Gasteiger charge is 2.41. The molecule has 2 N–H and O–H groups in total. The van der Waals surface area contributed by atoms with Gasteiger partial charge >= 0.3 is 6.09 Å². The Morgan fingerprint density at radius 3 is 2.68 bits per heavy atom. The number of ether oxygens (including phenoxy) is 2. The van der Waals surface area contributed by atoms with Crippen molar-refractivity contribution in [1.82, 2.24) is 4.90 Å². The molecular formula is C14H26N2O3. The van der Waals surface area contributed by atoms with Crippen LogP contribution in [0, 0.1) is 0 Å². The third-order valence-corrected chi connectivity index (χ3v) is 3.79. The van der Waals surface area contributed by atoms with Gasteiger partial charge in [0, 0.05) is 19.1 Å². The summed E-state index contributed by atoms with van der Waals surface area (Å²) in [6, 6.07) is 0.146. The van der Waals surface area contributed by atoms with Crippen LogP contribution in [0.25, 0.3) is 0 Å². The largest absolute Gasteiger partial charge is 0.444 e. The monoisotopic (exact) mass is 270 g/mol. The molecule has 2 rings (SSSR count). The molecular weight excluding hydrogens is 244 g/mol. The second kappa shape index (κ2) is 5.29. The highest BCUT2D eigenvalue weighted by atomic mass is 16.6. The van der Waals surface area contributed by atoms with E-state index in [0.29, 0.717) is 13.2 Å². The van der Waals surface area contributed by atoms with Crippen molar-refractivity contribution in [3.05, 3.63) is 0 Å². The summed E-state index contributed by atoms with van der Waals surface area (Å²) in [6.07, 6.45) is 3.49. The summed E-state index contributed by atoms with van der Waals surface area (Å²) in [7, 11) is 0. The maximum absolute atomic E-state index is 12.1. The van der Waals surface area contributed by atoms with Crippen LogP contribution in [-0.2, 0) is 9.47 Å². The maximum atomic E-state index is 12.1. The van der Waals surface area contributed by atoms with Crippen molar-refractivity contribution in [2.45, 2.75) is 63.7 Å². The molecule has 5 heteroatoms. The number of nitrogens with zero attached hydrogens (tertiary/aromatic N) is 1. The minimum atomic E-state index is -0.437. The van der Waals surface area contributed by atoms with E-state index in [9.17, 15) is 4.79 Å². The molecule has 1 spiro atoms. The number of carbonyl (C=O) groups is 1. The van der Waals surface area contributed by atoms with Crippen LogP contribution in [-0.4, -0.2) is 47.9 Å². The number of hydrogen-bond donors (Lipinski definition) is 1. The fourth-order valence-electron chi connectivity index (χ4n) is 2.90. The van der Waals surface area contributed by atoms with Crippen molar-refractivity contribution >= 4 is 6.09 Å². The van der Waals surface area contributed by atoms with Crippen LogP contribution < -0.4 is 5.73 Å². The summed E-state index contributed by atoms with van der Waals surface area (Å²) in [4.78, 5) is 13.9. The predicted molar refractivity (Wildman–Crippen MR) is 72.9 cm³/mol. The van der Waals surface area contributed by atoms with E-state index < -0.39 is 5.60 Å². The van der Waals surface area contributed by atoms with Gasteiger partial charge < -0.3 is 20.1 Å². The number of nitrogens with two attached hydrogens (primary N) is 1. The summed E-state index contributed by atoms with van der Waals surface area (Å²) >= 11 is 0. The number of rotatable bonds is 0. The molecule has 1 amide bonds. The fourth-order valence-corrected chi connectivity index (χ4v) is 2.90. The molecule has 2 atom stereocenters. The zero-order chi connectivity index (χ0) is 14.1. The van der Waals surface area contributed by atoms with Gasteiger partial charge in [-0.05, 0) is 46.5 Å². The minimum Gasteiger partial charge on any atom is -0.444 e. The van der Waals surface area contributed by atoms with Crippen LogP contribution in [0.2, 0.25) is 0 Å². The molecule has 0 aromatic heterocycles. The molecule has 0 aromatic carbocycles. The van der Waals surface area contributed by atoms with Gasteiger partial charge in [0.15, 0.2) is 0 Å². The van der Waals surface area contributed by atoms with Gasteiger partial charge in [-0.3, -0.25) is 0 Å². The van der Waals surface area contributed by atoms with Crippen LogP contribution in [0.15, 0.2) is 0 Å². The quantitative estimate of drug-likeness (QED) is 0.730. The molecule has 110 valence electrons. The average molecular weight is 270 g/mol. The fraction of sp³-hybridized carbons (Fsp3) is 0.929. The molecule has 2 fully saturated rings. The van der Waals surface area contributed by atoms with Crippen molar-refractivity contribution in [2.24, 2.45) is 5.73 Å². The molecule has 2 saturated heterocycles. The highest BCUT2D eigenvalue weighted by molar-refractivity contribution is 5.68. The molecule has 0 bridgehead atoms. The van der Waals surface area contributed by atoms with Crippen LogP contribution >= 0.6 is 0 Å². The number of hydrogen-bond acceptors (Lipinski definition) is 4. The Morgan fingerprint density at radius 1 is 1.37 bits per heavy atom. The second-order valence-corrected chi connectivity index (χ2v) is 6.78. The van der Waals surface area contributed by atoms with Crippen LogP contribution in [0.4, 0.5) is 4.79 Å². The van der Waals surface area contributed by atoms with Crippen molar-refractivity contribution in [3.8, 4) is 0 Å². The highest BCUT2D eigenvalue weighted by Crippen LogP contribution is 2.35. The number of amides is 1. The topological polar surface area (TPSA) is 64.8 Å². The average Bonchev–Trinajstić information content (AvgIpc) is 2.52. The van der Waals surface area contributed by atoms with Crippen molar-refractivity contribution < 1.29 is 14.3 Å². The smallest absolute Gasteiger partial charge is 0.410 e. The Bertz CT molecular complexity index is 340. The third kappa shape index (κ3) is 3.83. The van der Waals surface area contributed by atoms with Crippen LogP contribution in [0.1, 0.15) is 46.5 Å².